The number of phenols is 1. The van der Waals surface area contributed by atoms with Gasteiger partial charge in [-0.25, -0.2) is 9.18 Å². The SMILES string of the molecule is CCOc1cc(/C=C2\C(=O)N(c3ccc(F)c(Cl)c3)C(C)=C2C(=O)OC)ccc1O. The molecular formula is C22H19ClFNO5. The third kappa shape index (κ3) is 3.89. The summed E-state index contributed by atoms with van der Waals surface area (Å²) in [5, 5.41) is 9.74. The van der Waals surface area contributed by atoms with Crippen molar-refractivity contribution in [3.05, 3.63) is 69.6 Å². The fourth-order valence-corrected chi connectivity index (χ4v) is 3.35. The molecule has 156 valence electrons. The van der Waals surface area contributed by atoms with Gasteiger partial charge in [0.1, 0.15) is 5.82 Å². The summed E-state index contributed by atoms with van der Waals surface area (Å²) in [6, 6.07) is 8.42. The number of anilines is 1. The van der Waals surface area contributed by atoms with Gasteiger partial charge < -0.3 is 14.6 Å². The average molecular weight is 432 g/mol. The molecule has 0 saturated heterocycles. The van der Waals surface area contributed by atoms with E-state index in [0.29, 0.717) is 23.6 Å². The highest BCUT2D eigenvalue weighted by Crippen LogP contribution is 2.37. The van der Waals surface area contributed by atoms with Crippen LogP contribution in [0.25, 0.3) is 6.08 Å². The van der Waals surface area contributed by atoms with E-state index >= 15 is 0 Å². The van der Waals surface area contributed by atoms with Gasteiger partial charge in [0.2, 0.25) is 0 Å². The number of aromatic hydroxyl groups is 1. The minimum absolute atomic E-state index is 0.0424. The van der Waals surface area contributed by atoms with Gasteiger partial charge in [-0.2, -0.15) is 0 Å². The number of carbonyl (C=O) groups excluding carboxylic acids is 2. The maximum Gasteiger partial charge on any atom is 0.340 e. The smallest absolute Gasteiger partial charge is 0.340 e. The first kappa shape index (κ1) is 21.4. The Kier molecular flexibility index (Phi) is 6.12. The van der Waals surface area contributed by atoms with Crippen LogP contribution >= 0.6 is 11.6 Å². The predicted molar refractivity (Wildman–Crippen MR) is 111 cm³/mol. The van der Waals surface area contributed by atoms with E-state index in [1.165, 1.54) is 36.3 Å². The lowest BCUT2D eigenvalue weighted by molar-refractivity contribution is -0.136. The summed E-state index contributed by atoms with van der Waals surface area (Å²) in [6.07, 6.45) is 1.51. The van der Waals surface area contributed by atoms with Crippen LogP contribution in [0.5, 0.6) is 11.5 Å². The van der Waals surface area contributed by atoms with Crippen LogP contribution in [0.2, 0.25) is 5.02 Å². The topological polar surface area (TPSA) is 76.1 Å². The molecule has 0 spiro atoms. The Bertz CT molecular complexity index is 1090. The number of ether oxygens (including phenoxy) is 2. The van der Waals surface area contributed by atoms with Gasteiger partial charge in [0.15, 0.2) is 11.5 Å². The molecule has 1 N–H and O–H groups in total. The van der Waals surface area contributed by atoms with Crippen LogP contribution in [0.3, 0.4) is 0 Å². The lowest BCUT2D eigenvalue weighted by Crippen LogP contribution is -2.24. The number of amides is 1. The third-order valence-corrected chi connectivity index (χ3v) is 4.84. The second-order valence-corrected chi connectivity index (χ2v) is 6.82. The van der Waals surface area contributed by atoms with Gasteiger partial charge in [0.05, 0.1) is 35.6 Å². The average Bonchev–Trinajstić information content (AvgIpc) is 2.96. The highest BCUT2D eigenvalue weighted by Gasteiger charge is 2.38. The zero-order chi connectivity index (χ0) is 22.0. The van der Waals surface area contributed by atoms with Crippen LogP contribution in [0, 0.1) is 5.82 Å². The molecule has 0 bridgehead atoms. The van der Waals surface area contributed by atoms with E-state index in [1.54, 1.807) is 26.0 Å². The van der Waals surface area contributed by atoms with Crippen LogP contribution in [0.15, 0.2) is 53.2 Å². The highest BCUT2D eigenvalue weighted by atomic mass is 35.5. The molecule has 3 rings (SSSR count). The molecule has 2 aromatic rings. The summed E-state index contributed by atoms with van der Waals surface area (Å²) in [4.78, 5) is 26.9. The lowest BCUT2D eigenvalue weighted by atomic mass is 10.0. The van der Waals surface area contributed by atoms with Crippen LogP contribution in [0.1, 0.15) is 19.4 Å². The fraction of sp³-hybridized carbons (Fsp3) is 0.182. The standard InChI is InChI=1S/C22H19ClFNO5/c1-4-30-19-10-13(5-8-18(19)26)9-15-20(22(28)29-3)12(2)25(21(15)27)14-6-7-17(24)16(23)11-14/h5-11,26H,4H2,1-3H3/b15-9-. The molecule has 0 aliphatic carbocycles. The van der Waals surface area contributed by atoms with E-state index in [0.717, 1.165) is 6.07 Å². The molecule has 0 atom stereocenters. The molecule has 2 aromatic carbocycles. The molecular weight excluding hydrogens is 413 g/mol. The monoisotopic (exact) mass is 431 g/mol. The van der Waals surface area contributed by atoms with E-state index in [2.05, 4.69) is 0 Å². The summed E-state index contributed by atoms with van der Waals surface area (Å²) in [5.41, 5.74) is 1.34. The first-order valence-corrected chi connectivity index (χ1v) is 9.42. The molecule has 6 nitrogen and oxygen atoms in total. The molecule has 1 aliphatic heterocycles. The Morgan fingerprint density at radius 1 is 1.27 bits per heavy atom. The number of nitrogens with zero attached hydrogens (tertiary/aromatic N) is 1. The number of rotatable bonds is 5. The van der Waals surface area contributed by atoms with Crippen molar-refractivity contribution in [3.63, 3.8) is 0 Å². The van der Waals surface area contributed by atoms with Gasteiger partial charge in [-0.15, -0.1) is 0 Å². The van der Waals surface area contributed by atoms with Gasteiger partial charge >= 0.3 is 5.97 Å². The van der Waals surface area contributed by atoms with Gasteiger partial charge in [-0.05, 0) is 55.8 Å². The van der Waals surface area contributed by atoms with E-state index in [4.69, 9.17) is 21.1 Å². The third-order valence-electron chi connectivity index (χ3n) is 4.55. The molecule has 1 heterocycles. The fourth-order valence-electron chi connectivity index (χ4n) is 3.17. The molecule has 0 radical (unpaired) electrons. The van der Waals surface area contributed by atoms with Crippen molar-refractivity contribution in [3.8, 4) is 11.5 Å². The Labute approximate surface area is 177 Å². The Morgan fingerprint density at radius 2 is 2.00 bits per heavy atom. The zero-order valence-corrected chi connectivity index (χ0v) is 17.3. The number of halogens is 2. The van der Waals surface area contributed by atoms with Gasteiger partial charge in [-0.1, -0.05) is 17.7 Å². The molecule has 8 heteroatoms. The first-order valence-electron chi connectivity index (χ1n) is 9.05. The molecule has 0 unspecified atom stereocenters. The maximum absolute atomic E-state index is 13.6. The molecule has 1 amide bonds. The zero-order valence-electron chi connectivity index (χ0n) is 16.5. The number of methoxy groups -OCH3 is 1. The van der Waals surface area contributed by atoms with Crippen molar-refractivity contribution < 1.29 is 28.6 Å². The summed E-state index contributed by atoms with van der Waals surface area (Å²) in [7, 11) is 1.22. The number of phenolic OH excluding ortho intramolecular Hbond substituents is 1. The van der Waals surface area contributed by atoms with Crippen molar-refractivity contribution in [1.29, 1.82) is 0 Å². The quantitative estimate of drug-likeness (QED) is 0.558. The second-order valence-electron chi connectivity index (χ2n) is 6.41. The first-order chi connectivity index (χ1) is 14.3. The van der Waals surface area contributed by atoms with Gasteiger partial charge in [0, 0.05) is 5.70 Å². The Morgan fingerprint density at radius 3 is 2.63 bits per heavy atom. The van der Waals surface area contributed by atoms with Crippen LogP contribution in [-0.4, -0.2) is 30.7 Å². The number of hydrogen-bond acceptors (Lipinski definition) is 5. The number of hydrogen-bond donors (Lipinski definition) is 1. The van der Waals surface area contributed by atoms with Crippen molar-refractivity contribution in [1.82, 2.24) is 0 Å². The van der Waals surface area contributed by atoms with Crippen molar-refractivity contribution in [2.75, 3.05) is 18.6 Å². The summed E-state index contributed by atoms with van der Waals surface area (Å²) in [5.74, 6) is -1.60. The van der Waals surface area contributed by atoms with Crippen LogP contribution < -0.4 is 9.64 Å². The summed E-state index contributed by atoms with van der Waals surface area (Å²) >= 11 is 5.87. The van der Waals surface area contributed by atoms with E-state index < -0.39 is 17.7 Å². The van der Waals surface area contributed by atoms with Crippen molar-refractivity contribution in [2.24, 2.45) is 0 Å². The Hall–Kier alpha value is -3.32. The van der Waals surface area contributed by atoms with Crippen molar-refractivity contribution in [2.45, 2.75) is 13.8 Å². The highest BCUT2D eigenvalue weighted by molar-refractivity contribution is 6.31. The minimum atomic E-state index is -0.688. The molecule has 0 saturated carbocycles. The number of benzene rings is 2. The van der Waals surface area contributed by atoms with E-state index in [-0.39, 0.29) is 27.7 Å². The minimum Gasteiger partial charge on any atom is -0.504 e. The molecule has 0 fully saturated rings. The lowest BCUT2D eigenvalue weighted by Gasteiger charge is -2.18. The normalized spacial score (nSPS) is 15.2. The van der Waals surface area contributed by atoms with Crippen LogP contribution in [-0.2, 0) is 14.3 Å². The number of allylic oxidation sites excluding steroid dienone is 1. The predicted octanol–water partition coefficient (Wildman–Crippen LogP) is 4.46. The number of esters is 1. The summed E-state index contributed by atoms with van der Waals surface area (Å²) < 4.78 is 23.8. The largest absolute Gasteiger partial charge is 0.504 e. The maximum atomic E-state index is 13.6. The van der Waals surface area contributed by atoms with Crippen LogP contribution in [0.4, 0.5) is 10.1 Å². The summed E-state index contributed by atoms with van der Waals surface area (Å²) in [6.45, 7) is 3.71. The van der Waals surface area contributed by atoms with Gasteiger partial charge in [-0.3, -0.25) is 9.69 Å². The Balaban J connectivity index is 2.13. The second kappa shape index (κ2) is 8.59. The van der Waals surface area contributed by atoms with Crippen molar-refractivity contribution >= 4 is 35.2 Å². The molecule has 0 aromatic heterocycles. The van der Waals surface area contributed by atoms with E-state index in [9.17, 15) is 19.1 Å². The molecule has 1 aliphatic rings. The molecule has 30 heavy (non-hydrogen) atoms. The number of carbonyl (C=O) groups is 2. The van der Waals surface area contributed by atoms with E-state index in [1.807, 2.05) is 0 Å². The van der Waals surface area contributed by atoms with Gasteiger partial charge in [0.25, 0.3) is 5.91 Å².